The first-order valence-electron chi connectivity index (χ1n) is 7.06. The van der Waals surface area contributed by atoms with Gasteiger partial charge in [-0.2, -0.15) is 5.23 Å². The Morgan fingerprint density at radius 2 is 1.58 bits per heavy atom. The Kier molecular flexibility index (Phi) is 4.58. The molecule has 4 atom stereocenters. The predicted octanol–water partition coefficient (Wildman–Crippen LogP) is -2.19. The summed E-state index contributed by atoms with van der Waals surface area (Å²) in [6.45, 7) is 1.73. The number of aryl methyl sites for hydroxylation is 1. The Hall–Kier alpha value is -1.96. The molecule has 0 amide bonds. The lowest BCUT2D eigenvalue weighted by Gasteiger charge is -2.24. The molecule has 4 unspecified atom stereocenters. The average Bonchev–Trinajstić information content (AvgIpc) is 2.88. The molecule has 10 nitrogen and oxygen atoms in total. The summed E-state index contributed by atoms with van der Waals surface area (Å²) in [6.07, 6.45) is 0. The van der Waals surface area contributed by atoms with Crippen LogP contribution >= 0.6 is 0 Å². The van der Waals surface area contributed by atoms with Crippen LogP contribution in [0.5, 0.6) is 0 Å². The molecule has 0 saturated carbocycles. The lowest BCUT2D eigenvalue weighted by molar-refractivity contribution is -1.24. The first-order valence-corrected chi connectivity index (χ1v) is 7.06. The zero-order valence-electron chi connectivity index (χ0n) is 12.9. The largest absolute Gasteiger partial charge is 0.623 e. The summed E-state index contributed by atoms with van der Waals surface area (Å²) < 4.78 is 0. The van der Waals surface area contributed by atoms with Crippen molar-refractivity contribution in [1.82, 2.24) is 0 Å². The maximum Gasteiger partial charge on any atom is 0.239 e. The van der Waals surface area contributed by atoms with Gasteiger partial charge in [0.15, 0.2) is 5.69 Å². The van der Waals surface area contributed by atoms with Crippen LogP contribution < -0.4 is 20.7 Å². The maximum absolute atomic E-state index is 12.6. The summed E-state index contributed by atoms with van der Waals surface area (Å²) >= 11 is 0. The van der Waals surface area contributed by atoms with Crippen LogP contribution in [0.25, 0.3) is 0 Å². The van der Waals surface area contributed by atoms with Gasteiger partial charge in [-0.15, -0.1) is 10.5 Å². The molecule has 10 heteroatoms. The topological polar surface area (TPSA) is 128 Å². The molecule has 24 heavy (non-hydrogen) atoms. The van der Waals surface area contributed by atoms with Gasteiger partial charge < -0.3 is 25.9 Å². The van der Waals surface area contributed by atoms with Gasteiger partial charge >= 0.3 is 0 Å². The van der Waals surface area contributed by atoms with Crippen molar-refractivity contribution in [1.29, 1.82) is 0 Å². The molecule has 0 radical (unpaired) electrons. The average molecular weight is 336 g/mol. The van der Waals surface area contributed by atoms with Gasteiger partial charge in [-0.3, -0.25) is 0 Å². The molecule has 3 rings (SSSR count). The van der Waals surface area contributed by atoms with E-state index in [4.69, 9.17) is 4.84 Å². The third-order valence-electron chi connectivity index (χ3n) is 3.81. The van der Waals surface area contributed by atoms with Crippen molar-refractivity contribution in [2.24, 2.45) is 0 Å². The van der Waals surface area contributed by atoms with Crippen molar-refractivity contribution in [3.05, 3.63) is 62.8 Å². The maximum atomic E-state index is 12.6. The van der Waals surface area contributed by atoms with Crippen LogP contribution in [0.2, 0.25) is 0 Å². The highest BCUT2D eigenvalue weighted by Crippen LogP contribution is 2.21. The van der Waals surface area contributed by atoms with Crippen LogP contribution in [-0.4, -0.2) is 7.11 Å². The number of benzene rings is 2. The first kappa shape index (κ1) is 16.9. The lowest BCUT2D eigenvalue weighted by Crippen LogP contribution is -3.15. The molecule has 0 bridgehead atoms. The molecule has 0 saturated heterocycles. The summed E-state index contributed by atoms with van der Waals surface area (Å²) in [5.74, 6) is 0. The van der Waals surface area contributed by atoms with E-state index in [-0.39, 0.29) is 27.8 Å². The Balaban J connectivity index is 1.95. The number of hydrogen-bond donors (Lipinski definition) is 4. The van der Waals surface area contributed by atoms with Crippen LogP contribution in [0, 0.1) is 27.8 Å². The van der Waals surface area contributed by atoms with E-state index in [9.17, 15) is 20.8 Å². The zero-order valence-corrected chi connectivity index (χ0v) is 12.9. The van der Waals surface area contributed by atoms with Crippen LogP contribution in [0.4, 0.5) is 28.4 Å². The number of nitrogens with one attached hydrogen (secondary N) is 4. The Morgan fingerprint density at radius 3 is 2.29 bits per heavy atom. The van der Waals surface area contributed by atoms with E-state index in [1.807, 2.05) is 0 Å². The van der Waals surface area contributed by atoms with Gasteiger partial charge in [-0.1, -0.05) is 0 Å². The number of hydrogen-bond acceptors (Lipinski definition) is 6. The molecule has 2 aromatic rings. The minimum atomic E-state index is -0.774. The molecule has 0 aromatic heterocycles. The minimum Gasteiger partial charge on any atom is -0.623 e. The molecule has 0 fully saturated rings. The highest BCUT2D eigenvalue weighted by Gasteiger charge is 2.31. The summed E-state index contributed by atoms with van der Waals surface area (Å²) in [4.78, 5) is 9.20. The first-order chi connectivity index (χ1) is 11.4. The second-order valence-electron chi connectivity index (χ2n) is 5.29. The molecular weight excluding hydrogens is 320 g/mol. The van der Waals surface area contributed by atoms with Crippen molar-refractivity contribution < 1.29 is 30.5 Å². The number of rotatable bonds is 4. The smallest absolute Gasteiger partial charge is 0.239 e. The van der Waals surface area contributed by atoms with Crippen molar-refractivity contribution in [2.75, 3.05) is 7.11 Å². The van der Waals surface area contributed by atoms with Gasteiger partial charge in [-0.25, -0.2) is 4.84 Å². The molecule has 128 valence electrons. The van der Waals surface area contributed by atoms with Crippen molar-refractivity contribution in [3.63, 3.8) is 0 Å². The van der Waals surface area contributed by atoms with E-state index in [0.717, 1.165) is 0 Å². The molecular formula is C14H16N4O6. The quantitative estimate of drug-likeness (QED) is 0.371. The van der Waals surface area contributed by atoms with Gasteiger partial charge in [0.2, 0.25) is 11.4 Å². The van der Waals surface area contributed by atoms with E-state index in [2.05, 4.69) is 4.94 Å². The lowest BCUT2D eigenvalue weighted by atomic mass is 10.1. The van der Waals surface area contributed by atoms with E-state index < -0.39 is 15.7 Å². The minimum absolute atomic E-state index is 0.0613. The normalized spacial score (nSPS) is 22.2. The summed E-state index contributed by atoms with van der Waals surface area (Å²) in [7, 11) is 1.26. The van der Waals surface area contributed by atoms with Crippen LogP contribution in [0.1, 0.15) is 5.56 Å². The zero-order chi connectivity index (χ0) is 17.4. The Bertz CT molecular complexity index is 758. The van der Waals surface area contributed by atoms with Crippen molar-refractivity contribution in [3.8, 4) is 0 Å². The Labute approximate surface area is 136 Å². The standard InChI is InChI=1S/C14H16N4O6/c1-9-3-4-10(7-13(9)16(20)23-2)15(19)11-5-6-12-14(8-11)18(22)24-17(12)21/h3-8,15-18H,1-2H3. The van der Waals surface area contributed by atoms with Crippen LogP contribution in [0.3, 0.4) is 0 Å². The fourth-order valence-corrected chi connectivity index (χ4v) is 2.49. The van der Waals surface area contributed by atoms with Crippen LogP contribution in [0.15, 0.2) is 36.4 Å². The van der Waals surface area contributed by atoms with Gasteiger partial charge in [0.25, 0.3) is 0 Å². The van der Waals surface area contributed by atoms with Gasteiger partial charge in [-0.05, 0) is 13.0 Å². The highest BCUT2D eigenvalue weighted by molar-refractivity contribution is 5.59. The third kappa shape index (κ3) is 2.90. The van der Waals surface area contributed by atoms with E-state index >= 15 is 0 Å². The predicted molar refractivity (Wildman–Crippen MR) is 81.3 cm³/mol. The molecule has 1 aliphatic heterocycles. The highest BCUT2D eigenvalue weighted by atomic mass is 17.1. The number of fused-ring (bicyclic) bond motifs is 1. The summed E-state index contributed by atoms with van der Waals surface area (Å²) in [5, 5.41) is 45.0. The monoisotopic (exact) mass is 336 g/mol. The second-order valence-corrected chi connectivity index (χ2v) is 5.29. The number of quaternary nitrogens is 4. The fourth-order valence-electron chi connectivity index (χ4n) is 2.49. The third-order valence-corrected chi connectivity index (χ3v) is 3.81. The van der Waals surface area contributed by atoms with Gasteiger partial charge in [0, 0.05) is 28.7 Å². The van der Waals surface area contributed by atoms with E-state index in [1.54, 1.807) is 19.1 Å². The molecule has 1 heterocycles. The fraction of sp³-hybridized carbons (Fsp3) is 0.143. The Morgan fingerprint density at radius 1 is 0.958 bits per heavy atom. The summed E-state index contributed by atoms with van der Waals surface area (Å²) in [5.41, 5.74) is 1.67. The second kappa shape index (κ2) is 6.51. The molecule has 0 aliphatic carbocycles. The molecule has 4 N–H and O–H groups in total. The molecule has 0 spiro atoms. The SMILES string of the molecule is CO[NH+]([O-])c1cc([NH+]([O-])c2ccc3c(c2)[NH+]([O-])O[NH+]3[O-])ccc1C. The van der Waals surface area contributed by atoms with E-state index in [0.29, 0.717) is 11.3 Å². The van der Waals surface area contributed by atoms with Crippen LogP contribution in [-0.2, 0) is 9.78 Å². The van der Waals surface area contributed by atoms with Crippen molar-refractivity contribution in [2.45, 2.75) is 6.92 Å². The van der Waals surface area contributed by atoms with Crippen molar-refractivity contribution >= 4 is 28.4 Å². The molecule has 1 aliphatic rings. The van der Waals surface area contributed by atoms with E-state index in [1.165, 1.54) is 31.4 Å². The molecule has 2 aromatic carbocycles. The van der Waals surface area contributed by atoms with Gasteiger partial charge in [0.1, 0.15) is 11.4 Å². The van der Waals surface area contributed by atoms with Gasteiger partial charge in [0.05, 0.1) is 19.2 Å². The summed E-state index contributed by atoms with van der Waals surface area (Å²) in [6, 6.07) is 8.82.